The molecule has 0 aliphatic rings. The summed E-state index contributed by atoms with van der Waals surface area (Å²) in [5.74, 6) is -1.29. The zero-order valence-corrected chi connectivity index (χ0v) is 14.2. The van der Waals surface area contributed by atoms with Crippen LogP contribution in [0.1, 0.15) is 37.5 Å². The number of aliphatic hydroxyl groups excluding tert-OH is 1. The molecule has 130 valence electrons. The minimum absolute atomic E-state index is 0.0144. The van der Waals surface area contributed by atoms with Crippen molar-refractivity contribution in [2.45, 2.75) is 33.6 Å². The van der Waals surface area contributed by atoms with Gasteiger partial charge in [0.1, 0.15) is 11.5 Å². The molecule has 0 aliphatic heterocycles. The molecule has 0 amide bonds. The van der Waals surface area contributed by atoms with E-state index in [9.17, 15) is 15.0 Å². The second kappa shape index (κ2) is 8.93. The van der Waals surface area contributed by atoms with E-state index in [1.165, 1.54) is 6.08 Å². The van der Waals surface area contributed by atoms with Gasteiger partial charge in [0.25, 0.3) is 0 Å². The van der Waals surface area contributed by atoms with Crippen LogP contribution in [0, 0.1) is 0 Å². The van der Waals surface area contributed by atoms with Gasteiger partial charge in [-0.3, -0.25) is 0 Å². The summed E-state index contributed by atoms with van der Waals surface area (Å²) in [5.41, 5.74) is 3.04. The Balaban J connectivity index is 3.41. The number of carboxylic acids is 1. The van der Waals surface area contributed by atoms with Crippen LogP contribution in [0.2, 0.25) is 0 Å². The van der Waals surface area contributed by atoms with E-state index in [1.807, 2.05) is 19.9 Å². The zero-order valence-electron chi connectivity index (χ0n) is 14.2. The number of aliphatic hydroxyl groups is 1. The molecule has 0 bridgehead atoms. The summed E-state index contributed by atoms with van der Waals surface area (Å²) in [5, 5.41) is 38.7. The fourth-order valence-corrected chi connectivity index (χ4v) is 2.10. The van der Waals surface area contributed by atoms with Crippen LogP contribution in [0.4, 0.5) is 0 Å². The molecule has 0 aliphatic carbocycles. The number of aliphatic carboxylic acids is 1. The van der Waals surface area contributed by atoms with Crippen LogP contribution in [0.25, 0.3) is 6.08 Å². The first-order valence-corrected chi connectivity index (χ1v) is 7.63. The topological polar surface area (TPSA) is 98.0 Å². The monoisotopic (exact) mass is 332 g/mol. The second-order valence-corrected chi connectivity index (χ2v) is 5.87. The zero-order chi connectivity index (χ0) is 18.3. The van der Waals surface area contributed by atoms with Gasteiger partial charge >= 0.3 is 5.97 Å². The first kappa shape index (κ1) is 19.5. The van der Waals surface area contributed by atoms with Gasteiger partial charge < -0.3 is 20.4 Å². The van der Waals surface area contributed by atoms with Crippen LogP contribution in [0.15, 0.2) is 35.4 Å². The number of hydrogen-bond acceptors (Lipinski definition) is 4. The molecule has 5 heteroatoms. The van der Waals surface area contributed by atoms with E-state index < -0.39 is 5.97 Å². The molecule has 1 rings (SSSR count). The van der Waals surface area contributed by atoms with Gasteiger partial charge in [-0.1, -0.05) is 23.3 Å². The predicted octanol–water partition coefficient (Wildman–Crippen LogP) is 3.19. The molecule has 0 unspecified atom stereocenters. The molecule has 0 fully saturated rings. The Bertz CT molecular complexity index is 692. The lowest BCUT2D eigenvalue weighted by molar-refractivity contribution is -0.131. The van der Waals surface area contributed by atoms with Crippen molar-refractivity contribution in [3.05, 3.63) is 52.1 Å². The van der Waals surface area contributed by atoms with Gasteiger partial charge in [-0.25, -0.2) is 4.79 Å². The average Bonchev–Trinajstić information content (AvgIpc) is 2.52. The number of allylic oxidation sites excluding steroid dienone is 3. The van der Waals surface area contributed by atoms with Gasteiger partial charge in [-0.15, -0.1) is 0 Å². The number of phenolic OH excluding ortho intramolecular Hbond substituents is 2. The molecule has 1 aromatic rings. The first-order valence-electron chi connectivity index (χ1n) is 7.63. The predicted molar refractivity (Wildman–Crippen MR) is 94.1 cm³/mol. The van der Waals surface area contributed by atoms with Crippen LogP contribution >= 0.6 is 0 Å². The number of hydrogen-bond donors (Lipinski definition) is 4. The Morgan fingerprint density at radius 1 is 1.08 bits per heavy atom. The maximum absolute atomic E-state index is 10.7. The highest BCUT2D eigenvalue weighted by atomic mass is 16.4. The summed E-state index contributed by atoms with van der Waals surface area (Å²) in [7, 11) is 0. The third-order valence-corrected chi connectivity index (χ3v) is 3.52. The number of benzene rings is 1. The first-order chi connectivity index (χ1) is 11.3. The van der Waals surface area contributed by atoms with Crippen LogP contribution < -0.4 is 0 Å². The molecule has 1 aromatic carbocycles. The van der Waals surface area contributed by atoms with Gasteiger partial charge in [-0.05, 0) is 51.3 Å². The quantitative estimate of drug-likeness (QED) is 0.454. The van der Waals surface area contributed by atoms with Crippen molar-refractivity contribution in [2.24, 2.45) is 0 Å². The van der Waals surface area contributed by atoms with E-state index >= 15 is 0 Å². The Morgan fingerprint density at radius 3 is 2.29 bits per heavy atom. The summed E-state index contributed by atoms with van der Waals surface area (Å²) in [6.07, 6.45) is 6.60. The van der Waals surface area contributed by atoms with E-state index in [4.69, 9.17) is 10.2 Å². The molecular weight excluding hydrogens is 308 g/mol. The number of aromatic hydroxyl groups is 2. The minimum atomic E-state index is -1.12. The summed E-state index contributed by atoms with van der Waals surface area (Å²) < 4.78 is 0. The van der Waals surface area contributed by atoms with E-state index in [-0.39, 0.29) is 24.5 Å². The number of carbonyl (C=O) groups is 1. The van der Waals surface area contributed by atoms with E-state index in [1.54, 1.807) is 19.1 Å². The lowest BCUT2D eigenvalue weighted by atomic mass is 9.96. The summed E-state index contributed by atoms with van der Waals surface area (Å²) in [6.45, 7) is 5.52. The Labute approximate surface area is 141 Å². The van der Waals surface area contributed by atoms with E-state index in [0.29, 0.717) is 28.7 Å². The van der Waals surface area contributed by atoms with Gasteiger partial charge in [0.2, 0.25) is 0 Å². The molecule has 24 heavy (non-hydrogen) atoms. The highest BCUT2D eigenvalue weighted by Crippen LogP contribution is 2.36. The smallest absolute Gasteiger partial charge is 0.328 e. The maximum atomic E-state index is 10.7. The fraction of sp³-hybridized carbons (Fsp3) is 0.316. The third-order valence-electron chi connectivity index (χ3n) is 3.52. The molecule has 4 N–H and O–H groups in total. The van der Waals surface area contributed by atoms with Crippen LogP contribution in [0.5, 0.6) is 11.5 Å². The van der Waals surface area contributed by atoms with Crippen molar-refractivity contribution in [3.63, 3.8) is 0 Å². The van der Waals surface area contributed by atoms with Crippen molar-refractivity contribution in [3.8, 4) is 11.5 Å². The highest BCUT2D eigenvalue weighted by molar-refractivity contribution is 5.86. The van der Waals surface area contributed by atoms with Crippen molar-refractivity contribution in [1.82, 2.24) is 0 Å². The minimum Gasteiger partial charge on any atom is -0.507 e. The average molecular weight is 332 g/mol. The van der Waals surface area contributed by atoms with Gasteiger partial charge in [0, 0.05) is 17.2 Å². The molecular formula is C19H24O5. The standard InChI is InChI=1S/C19H24O5/c1-12(2)4-6-14-10-15(7-9-17(21)22)19(24)16(18(14)23)8-5-13(3)11-20/h4-5,7,9-10,20,23-24H,6,8,11H2,1-3H3,(H,21,22)/b9-7+,13-5+. The summed E-state index contributed by atoms with van der Waals surface area (Å²) >= 11 is 0. The van der Waals surface area contributed by atoms with Crippen molar-refractivity contribution in [1.29, 1.82) is 0 Å². The van der Waals surface area contributed by atoms with Crippen molar-refractivity contribution in [2.75, 3.05) is 6.61 Å². The number of phenols is 2. The molecule has 0 atom stereocenters. The highest BCUT2D eigenvalue weighted by Gasteiger charge is 2.15. The van der Waals surface area contributed by atoms with Gasteiger partial charge in [0.05, 0.1) is 6.61 Å². The normalized spacial score (nSPS) is 11.8. The SMILES string of the molecule is CC(C)=CCc1cc(/C=C/C(=O)O)c(O)c(C/C=C(\C)CO)c1O. The summed E-state index contributed by atoms with van der Waals surface area (Å²) in [6, 6.07) is 1.58. The van der Waals surface area contributed by atoms with Gasteiger partial charge in [0.15, 0.2) is 0 Å². The third kappa shape index (κ3) is 5.59. The van der Waals surface area contributed by atoms with Crippen LogP contribution in [0.3, 0.4) is 0 Å². The Morgan fingerprint density at radius 2 is 1.75 bits per heavy atom. The summed E-state index contributed by atoms with van der Waals surface area (Å²) in [4.78, 5) is 10.7. The number of carboxylic acid groups (broad SMARTS) is 1. The van der Waals surface area contributed by atoms with Crippen LogP contribution in [-0.4, -0.2) is 33.0 Å². The van der Waals surface area contributed by atoms with Gasteiger partial charge in [-0.2, -0.15) is 0 Å². The molecule has 0 heterocycles. The maximum Gasteiger partial charge on any atom is 0.328 e. The molecule has 0 aromatic heterocycles. The van der Waals surface area contributed by atoms with E-state index in [0.717, 1.165) is 11.6 Å². The molecule has 0 saturated carbocycles. The lowest BCUT2D eigenvalue weighted by Crippen LogP contribution is -1.96. The van der Waals surface area contributed by atoms with Crippen molar-refractivity contribution < 1.29 is 25.2 Å². The largest absolute Gasteiger partial charge is 0.507 e. The number of rotatable bonds is 7. The molecule has 0 radical (unpaired) electrons. The Hall–Kier alpha value is -2.53. The van der Waals surface area contributed by atoms with Crippen molar-refractivity contribution >= 4 is 12.0 Å². The van der Waals surface area contributed by atoms with E-state index in [2.05, 4.69) is 0 Å². The Kier molecular flexibility index (Phi) is 7.27. The lowest BCUT2D eigenvalue weighted by Gasteiger charge is -2.13. The molecule has 5 nitrogen and oxygen atoms in total. The van der Waals surface area contributed by atoms with Crippen LogP contribution in [-0.2, 0) is 17.6 Å². The second-order valence-electron chi connectivity index (χ2n) is 5.87. The molecule has 0 saturated heterocycles. The fourth-order valence-electron chi connectivity index (χ4n) is 2.10. The molecule has 0 spiro atoms.